The molecule has 0 spiro atoms. The van der Waals surface area contributed by atoms with Gasteiger partial charge in [0, 0.05) is 5.39 Å². The molecule has 0 bridgehead atoms. The molecule has 1 aromatic heterocycles. The van der Waals surface area contributed by atoms with Gasteiger partial charge in [0.15, 0.2) is 0 Å². The van der Waals surface area contributed by atoms with Gasteiger partial charge >= 0.3 is 7.12 Å². The smallest absolute Gasteiger partial charge is 0.399 e. The molecule has 100 valence electrons. The van der Waals surface area contributed by atoms with Crippen LogP contribution in [0.4, 0.5) is 0 Å². The fourth-order valence-electron chi connectivity index (χ4n) is 2.20. The van der Waals surface area contributed by atoms with Crippen LogP contribution in [0.1, 0.15) is 27.7 Å². The molecule has 0 atom stereocenters. The van der Waals surface area contributed by atoms with Crippen LogP contribution in [0.5, 0.6) is 0 Å². The van der Waals surface area contributed by atoms with E-state index < -0.39 is 7.12 Å². The van der Waals surface area contributed by atoms with Gasteiger partial charge in [-0.2, -0.15) is 5.10 Å². The molecule has 6 heteroatoms. The summed E-state index contributed by atoms with van der Waals surface area (Å²) in [6.45, 7) is 8.15. The molecule has 0 amide bonds. The van der Waals surface area contributed by atoms with E-state index in [1.165, 1.54) is 0 Å². The predicted molar refractivity (Wildman–Crippen MR) is 76.8 cm³/mol. The molecule has 0 aliphatic carbocycles. The topological polar surface area (TPSA) is 47.1 Å². The molecule has 1 saturated heterocycles. The van der Waals surface area contributed by atoms with Crippen molar-refractivity contribution in [3.05, 3.63) is 23.4 Å². The van der Waals surface area contributed by atoms with Gasteiger partial charge in [-0.15, -0.1) is 0 Å². The third-order valence-corrected chi connectivity index (χ3v) is 4.42. The predicted octanol–water partition coefficient (Wildman–Crippen LogP) is 2.52. The molecule has 1 aliphatic heterocycles. The Labute approximate surface area is 117 Å². The molecule has 4 nitrogen and oxygen atoms in total. The summed E-state index contributed by atoms with van der Waals surface area (Å²) in [4.78, 5) is 0. The molecule has 19 heavy (non-hydrogen) atoms. The minimum Gasteiger partial charge on any atom is -0.399 e. The monoisotopic (exact) mass is 278 g/mol. The SMILES string of the molecule is CC1(C)OB(c2ccc(Cl)c3[nH]ncc23)OC1(C)C. The maximum Gasteiger partial charge on any atom is 0.495 e. The third kappa shape index (κ3) is 1.88. The van der Waals surface area contributed by atoms with Crippen LogP contribution in [0, 0.1) is 0 Å². The lowest BCUT2D eigenvalue weighted by atomic mass is 9.77. The Bertz CT molecular complexity index is 623. The molecule has 1 aliphatic rings. The van der Waals surface area contributed by atoms with Crippen molar-refractivity contribution in [2.45, 2.75) is 38.9 Å². The van der Waals surface area contributed by atoms with Gasteiger partial charge in [-0.3, -0.25) is 5.10 Å². The number of nitrogens with one attached hydrogen (secondary N) is 1. The number of nitrogens with zero attached hydrogens (tertiary/aromatic N) is 1. The highest BCUT2D eigenvalue weighted by atomic mass is 35.5. The molecule has 3 rings (SSSR count). The lowest BCUT2D eigenvalue weighted by Gasteiger charge is -2.32. The van der Waals surface area contributed by atoms with Crippen LogP contribution in [0.15, 0.2) is 18.3 Å². The van der Waals surface area contributed by atoms with E-state index in [0.29, 0.717) is 5.02 Å². The minimum absolute atomic E-state index is 0.354. The van der Waals surface area contributed by atoms with Crippen molar-refractivity contribution in [3.8, 4) is 0 Å². The van der Waals surface area contributed by atoms with Crippen molar-refractivity contribution in [1.29, 1.82) is 0 Å². The Kier molecular flexibility index (Phi) is 2.72. The minimum atomic E-state index is -0.401. The van der Waals surface area contributed by atoms with E-state index in [4.69, 9.17) is 20.9 Å². The Morgan fingerprint density at radius 3 is 2.42 bits per heavy atom. The van der Waals surface area contributed by atoms with Gasteiger partial charge in [-0.1, -0.05) is 17.7 Å². The molecule has 0 radical (unpaired) electrons. The highest BCUT2D eigenvalue weighted by Gasteiger charge is 2.52. The number of rotatable bonds is 1. The van der Waals surface area contributed by atoms with Crippen LogP contribution in [-0.2, 0) is 9.31 Å². The quantitative estimate of drug-likeness (QED) is 0.815. The standard InChI is InChI=1S/C13H16BClN2O2/c1-12(2)13(3,4)19-14(18-12)9-5-6-10(15)11-8(9)7-16-17-11/h5-7H,1-4H3,(H,16,17). The van der Waals surface area contributed by atoms with Crippen molar-refractivity contribution in [3.63, 3.8) is 0 Å². The van der Waals surface area contributed by atoms with Crippen molar-refractivity contribution in [1.82, 2.24) is 10.2 Å². The van der Waals surface area contributed by atoms with E-state index in [1.807, 2.05) is 39.8 Å². The van der Waals surface area contributed by atoms with Gasteiger partial charge in [-0.05, 0) is 39.2 Å². The summed E-state index contributed by atoms with van der Waals surface area (Å²) in [5, 5.41) is 8.53. The number of aromatic nitrogens is 2. The number of hydrogen-bond acceptors (Lipinski definition) is 3. The van der Waals surface area contributed by atoms with Gasteiger partial charge in [0.05, 0.1) is 27.9 Å². The second-order valence-corrected chi connectivity index (χ2v) is 6.29. The van der Waals surface area contributed by atoms with E-state index in [9.17, 15) is 0 Å². The highest BCUT2D eigenvalue weighted by Crippen LogP contribution is 2.37. The summed E-state index contributed by atoms with van der Waals surface area (Å²) in [6.07, 6.45) is 1.75. The van der Waals surface area contributed by atoms with E-state index >= 15 is 0 Å². The first-order chi connectivity index (χ1) is 8.82. The fourth-order valence-corrected chi connectivity index (χ4v) is 2.41. The molecule has 0 saturated carbocycles. The summed E-state index contributed by atoms with van der Waals surface area (Å²) < 4.78 is 12.1. The van der Waals surface area contributed by atoms with Crippen LogP contribution in [0.25, 0.3) is 10.9 Å². The number of aromatic amines is 1. The maximum absolute atomic E-state index is 6.14. The number of H-pyrrole nitrogens is 1. The summed E-state index contributed by atoms with van der Waals surface area (Å²) in [5.74, 6) is 0. The van der Waals surface area contributed by atoms with Crippen LogP contribution >= 0.6 is 11.6 Å². The zero-order chi connectivity index (χ0) is 13.8. The zero-order valence-electron chi connectivity index (χ0n) is 11.5. The average molecular weight is 279 g/mol. The Hall–Kier alpha value is -1.04. The zero-order valence-corrected chi connectivity index (χ0v) is 12.2. The van der Waals surface area contributed by atoms with Crippen LogP contribution in [0.3, 0.4) is 0 Å². The Morgan fingerprint density at radius 2 is 1.79 bits per heavy atom. The van der Waals surface area contributed by atoms with E-state index in [2.05, 4.69) is 10.2 Å². The van der Waals surface area contributed by atoms with Crippen molar-refractivity contribution in [2.24, 2.45) is 0 Å². The lowest BCUT2D eigenvalue weighted by molar-refractivity contribution is 0.00578. The van der Waals surface area contributed by atoms with Gasteiger partial charge in [-0.25, -0.2) is 0 Å². The molecule has 1 fully saturated rings. The van der Waals surface area contributed by atoms with Crippen LogP contribution in [0.2, 0.25) is 5.02 Å². The molecule has 2 aromatic rings. The molecule has 2 heterocycles. The number of benzene rings is 1. The van der Waals surface area contributed by atoms with E-state index in [1.54, 1.807) is 6.20 Å². The first-order valence-corrected chi connectivity index (χ1v) is 6.67. The van der Waals surface area contributed by atoms with Gasteiger partial charge in [0.1, 0.15) is 0 Å². The second-order valence-electron chi connectivity index (χ2n) is 5.88. The Morgan fingerprint density at radius 1 is 1.16 bits per heavy atom. The molecular weight excluding hydrogens is 262 g/mol. The van der Waals surface area contributed by atoms with Crippen molar-refractivity contribution < 1.29 is 9.31 Å². The van der Waals surface area contributed by atoms with Gasteiger partial charge < -0.3 is 9.31 Å². The summed E-state index contributed by atoms with van der Waals surface area (Å²) in [6, 6.07) is 3.77. The van der Waals surface area contributed by atoms with Gasteiger partial charge in [0.25, 0.3) is 0 Å². The van der Waals surface area contributed by atoms with Crippen LogP contribution in [-0.4, -0.2) is 28.5 Å². The fraction of sp³-hybridized carbons (Fsp3) is 0.462. The number of halogens is 1. The third-order valence-electron chi connectivity index (χ3n) is 4.11. The second kappa shape index (κ2) is 3.98. The largest absolute Gasteiger partial charge is 0.495 e. The molecule has 1 aromatic carbocycles. The molecular formula is C13H16BClN2O2. The lowest BCUT2D eigenvalue weighted by Crippen LogP contribution is -2.41. The van der Waals surface area contributed by atoms with Crippen molar-refractivity contribution in [2.75, 3.05) is 0 Å². The summed E-state index contributed by atoms with van der Waals surface area (Å²) in [5.41, 5.74) is 1.06. The number of hydrogen-bond donors (Lipinski definition) is 1. The molecule has 1 N–H and O–H groups in total. The van der Waals surface area contributed by atoms with Crippen LogP contribution < -0.4 is 5.46 Å². The Balaban J connectivity index is 2.08. The van der Waals surface area contributed by atoms with E-state index in [0.717, 1.165) is 16.4 Å². The maximum atomic E-state index is 6.14. The van der Waals surface area contributed by atoms with E-state index in [-0.39, 0.29) is 11.2 Å². The highest BCUT2D eigenvalue weighted by molar-refractivity contribution is 6.65. The first-order valence-electron chi connectivity index (χ1n) is 6.29. The van der Waals surface area contributed by atoms with Crippen molar-refractivity contribution >= 4 is 35.1 Å². The summed E-state index contributed by atoms with van der Waals surface area (Å²) >= 11 is 6.14. The normalized spacial score (nSPS) is 21.2. The average Bonchev–Trinajstić information content (AvgIpc) is 2.84. The summed E-state index contributed by atoms with van der Waals surface area (Å²) in [7, 11) is -0.401. The van der Waals surface area contributed by atoms with Gasteiger partial charge in [0.2, 0.25) is 0 Å². The first kappa shape index (κ1) is 13.0. The molecule has 0 unspecified atom stereocenters. The number of fused-ring (bicyclic) bond motifs is 1.